The number of amides is 3. The van der Waals surface area contributed by atoms with Crippen LogP contribution in [-0.2, 0) is 14.4 Å². The third kappa shape index (κ3) is 4.59. The number of nitrogens with zero attached hydrogens (tertiary/aromatic N) is 4. The fourth-order valence-corrected chi connectivity index (χ4v) is 5.67. The van der Waals surface area contributed by atoms with Gasteiger partial charge in [-0.2, -0.15) is 18.4 Å². The van der Waals surface area contributed by atoms with E-state index in [4.69, 9.17) is 0 Å². The number of aryl methyl sites for hydroxylation is 1. The molecular weight excluding hydrogens is 501 g/mol. The smallest absolute Gasteiger partial charge is 0.336 e. The van der Waals surface area contributed by atoms with E-state index in [9.17, 15) is 32.8 Å². The predicted molar refractivity (Wildman–Crippen MR) is 130 cm³/mol. The van der Waals surface area contributed by atoms with Crippen molar-refractivity contribution in [1.29, 1.82) is 5.26 Å². The van der Waals surface area contributed by atoms with Gasteiger partial charge in [0.1, 0.15) is 17.7 Å². The van der Waals surface area contributed by atoms with Gasteiger partial charge in [0.05, 0.1) is 18.0 Å². The maximum atomic E-state index is 13.7. The number of aromatic nitrogens is 2. The molecule has 2 fully saturated rings. The molecule has 2 aromatic heterocycles. The standard InChI is InChI=1S/C26H31F3N6O3/c1-13-8-7-9-17-31-11-16(35(13)17)15(10-30)32-21(36)19-18-14(25(18,5)6)12-34(19)22(37)20(24(2,3)4)33-23(38)26(27,28)29/h7-9,11,14-15,18-20H,12H2,1-6H3,(H,32,36)(H,33,38)/t14-,15?,18-,19-,20+/m0/s1. The zero-order valence-corrected chi connectivity index (χ0v) is 22.1. The summed E-state index contributed by atoms with van der Waals surface area (Å²) in [5.41, 5.74) is 0.516. The van der Waals surface area contributed by atoms with Crippen LogP contribution in [0, 0.1) is 40.9 Å². The van der Waals surface area contributed by atoms with Gasteiger partial charge in [-0.25, -0.2) is 4.98 Å². The van der Waals surface area contributed by atoms with Crippen molar-refractivity contribution in [3.63, 3.8) is 0 Å². The Kier molecular flexibility index (Phi) is 6.49. The summed E-state index contributed by atoms with van der Waals surface area (Å²) in [6, 6.07) is 3.90. The van der Waals surface area contributed by atoms with E-state index in [2.05, 4.69) is 16.4 Å². The summed E-state index contributed by atoms with van der Waals surface area (Å²) in [6.45, 7) is 10.6. The highest BCUT2D eigenvalue weighted by Gasteiger charge is 2.70. The molecule has 1 aliphatic carbocycles. The Bertz CT molecular complexity index is 1340. The fraction of sp³-hybridized carbons (Fsp3) is 0.577. The molecule has 2 N–H and O–H groups in total. The van der Waals surface area contributed by atoms with Crippen molar-refractivity contribution in [3.05, 3.63) is 35.8 Å². The molecule has 204 valence electrons. The molecule has 3 heterocycles. The van der Waals surface area contributed by atoms with E-state index in [0.29, 0.717) is 11.3 Å². The maximum Gasteiger partial charge on any atom is 0.471 e. The molecule has 3 amide bonds. The van der Waals surface area contributed by atoms with Crippen LogP contribution in [0.2, 0.25) is 0 Å². The molecule has 1 aliphatic heterocycles. The van der Waals surface area contributed by atoms with Gasteiger partial charge in [0.25, 0.3) is 0 Å². The average molecular weight is 533 g/mol. The number of fused-ring (bicyclic) bond motifs is 2. The molecule has 12 heteroatoms. The zero-order valence-electron chi connectivity index (χ0n) is 22.1. The molecule has 2 aromatic rings. The minimum atomic E-state index is -5.16. The summed E-state index contributed by atoms with van der Waals surface area (Å²) in [7, 11) is 0. The highest BCUT2D eigenvalue weighted by Crippen LogP contribution is 2.65. The summed E-state index contributed by atoms with van der Waals surface area (Å²) in [5, 5.41) is 14.5. The third-order valence-corrected chi connectivity index (χ3v) is 7.87. The second kappa shape index (κ2) is 8.99. The van der Waals surface area contributed by atoms with Gasteiger partial charge in [-0.05, 0) is 41.7 Å². The molecule has 0 aromatic carbocycles. The third-order valence-electron chi connectivity index (χ3n) is 7.87. The van der Waals surface area contributed by atoms with Gasteiger partial charge in [0.15, 0.2) is 6.04 Å². The van der Waals surface area contributed by atoms with Crippen molar-refractivity contribution < 1.29 is 27.6 Å². The highest BCUT2D eigenvalue weighted by atomic mass is 19.4. The lowest BCUT2D eigenvalue weighted by Gasteiger charge is -2.37. The molecule has 0 radical (unpaired) electrons. The molecule has 1 saturated carbocycles. The molecule has 9 nitrogen and oxygen atoms in total. The van der Waals surface area contributed by atoms with Crippen LogP contribution in [-0.4, -0.2) is 56.8 Å². The van der Waals surface area contributed by atoms with Crippen LogP contribution >= 0.6 is 0 Å². The summed E-state index contributed by atoms with van der Waals surface area (Å²) in [5.74, 6) is -3.85. The number of carbonyl (C=O) groups is 3. The first-order valence-electron chi connectivity index (χ1n) is 12.3. The molecule has 4 rings (SSSR count). The lowest BCUT2D eigenvalue weighted by molar-refractivity contribution is -0.176. The monoisotopic (exact) mass is 532 g/mol. The number of piperidine rings is 1. The Hall–Kier alpha value is -3.62. The van der Waals surface area contributed by atoms with Crippen LogP contribution in [0.3, 0.4) is 0 Å². The number of imidazole rings is 1. The van der Waals surface area contributed by atoms with E-state index < -0.39 is 47.4 Å². The van der Waals surface area contributed by atoms with Crippen LogP contribution in [0.15, 0.2) is 24.4 Å². The summed E-state index contributed by atoms with van der Waals surface area (Å²) in [4.78, 5) is 44.6. The van der Waals surface area contributed by atoms with Gasteiger partial charge in [-0.1, -0.05) is 40.7 Å². The normalized spacial score (nSPS) is 23.8. The van der Waals surface area contributed by atoms with Crippen molar-refractivity contribution in [2.75, 3.05) is 6.54 Å². The molecule has 2 aliphatic rings. The SMILES string of the molecule is Cc1cccc2ncc(C(C#N)NC(=O)[C@@H]3[C@@H]4[C@H](CN3C(=O)[C@@H](NC(=O)C(F)(F)F)C(C)(C)C)C4(C)C)n12. The Balaban J connectivity index is 1.63. The first kappa shape index (κ1) is 27.4. The Morgan fingerprint density at radius 1 is 1.18 bits per heavy atom. The Labute approximate surface area is 218 Å². The van der Waals surface area contributed by atoms with Gasteiger partial charge in [0, 0.05) is 12.2 Å². The molecule has 0 spiro atoms. The van der Waals surface area contributed by atoms with Crippen molar-refractivity contribution in [2.24, 2.45) is 22.7 Å². The number of hydrogen-bond donors (Lipinski definition) is 2. The van der Waals surface area contributed by atoms with Crippen molar-refractivity contribution in [2.45, 2.75) is 65.8 Å². The number of nitriles is 1. The van der Waals surface area contributed by atoms with E-state index in [1.165, 1.54) is 11.1 Å². The number of rotatable bonds is 5. The number of alkyl halides is 3. The number of carbonyl (C=O) groups excluding carboxylic acids is 3. The summed E-state index contributed by atoms with van der Waals surface area (Å²) in [6.07, 6.45) is -3.66. The van der Waals surface area contributed by atoms with Gasteiger partial charge in [-0.15, -0.1) is 0 Å². The van der Waals surface area contributed by atoms with Crippen molar-refractivity contribution in [1.82, 2.24) is 24.9 Å². The predicted octanol–water partition coefficient (Wildman–Crippen LogP) is 2.90. The quantitative estimate of drug-likeness (QED) is 0.614. The van der Waals surface area contributed by atoms with Gasteiger partial charge >= 0.3 is 12.1 Å². The van der Waals surface area contributed by atoms with E-state index >= 15 is 0 Å². The second-order valence-corrected chi connectivity index (χ2v) is 11.8. The van der Waals surface area contributed by atoms with Crippen LogP contribution < -0.4 is 10.6 Å². The second-order valence-electron chi connectivity index (χ2n) is 11.8. The number of hydrogen-bond acceptors (Lipinski definition) is 5. The van der Waals surface area contributed by atoms with Crippen molar-refractivity contribution >= 4 is 23.4 Å². The topological polar surface area (TPSA) is 120 Å². The van der Waals surface area contributed by atoms with E-state index in [-0.39, 0.29) is 23.8 Å². The van der Waals surface area contributed by atoms with Crippen LogP contribution in [0.1, 0.15) is 52.0 Å². The van der Waals surface area contributed by atoms with Crippen LogP contribution in [0.4, 0.5) is 13.2 Å². The van der Waals surface area contributed by atoms with Gasteiger partial charge in [-0.3, -0.25) is 18.8 Å². The lowest BCUT2D eigenvalue weighted by atomic mass is 9.85. The first-order valence-corrected chi connectivity index (χ1v) is 12.3. The van der Waals surface area contributed by atoms with Crippen LogP contribution in [0.25, 0.3) is 5.65 Å². The Morgan fingerprint density at radius 2 is 1.84 bits per heavy atom. The molecular formula is C26H31F3N6O3. The van der Waals surface area contributed by atoms with E-state index in [1.807, 2.05) is 38.2 Å². The molecule has 1 saturated heterocycles. The number of likely N-dealkylation sites (tertiary alicyclic amines) is 1. The number of halogens is 3. The van der Waals surface area contributed by atoms with E-state index in [1.54, 1.807) is 31.2 Å². The highest BCUT2D eigenvalue weighted by molar-refractivity contribution is 5.95. The zero-order chi connectivity index (χ0) is 28.4. The minimum Gasteiger partial charge on any atom is -0.336 e. The summed E-state index contributed by atoms with van der Waals surface area (Å²) >= 11 is 0. The minimum absolute atomic E-state index is 0.0419. The molecule has 38 heavy (non-hydrogen) atoms. The largest absolute Gasteiger partial charge is 0.471 e. The Morgan fingerprint density at radius 3 is 2.42 bits per heavy atom. The molecule has 5 atom stereocenters. The molecule has 1 unspecified atom stereocenters. The maximum absolute atomic E-state index is 13.7. The van der Waals surface area contributed by atoms with Gasteiger partial charge < -0.3 is 15.5 Å². The molecule has 0 bridgehead atoms. The summed E-state index contributed by atoms with van der Waals surface area (Å²) < 4.78 is 40.8. The van der Waals surface area contributed by atoms with Crippen LogP contribution in [0.5, 0.6) is 0 Å². The lowest BCUT2D eigenvalue weighted by Crippen LogP contribution is -2.60. The number of nitrogens with one attached hydrogen (secondary N) is 2. The van der Waals surface area contributed by atoms with Gasteiger partial charge in [0.2, 0.25) is 11.8 Å². The fourth-order valence-electron chi connectivity index (χ4n) is 5.67. The van der Waals surface area contributed by atoms with E-state index in [0.717, 1.165) is 5.69 Å². The average Bonchev–Trinajstić information content (AvgIpc) is 3.20. The first-order chi connectivity index (χ1) is 17.5. The number of pyridine rings is 1. The van der Waals surface area contributed by atoms with Crippen molar-refractivity contribution in [3.8, 4) is 6.07 Å².